The van der Waals surface area contributed by atoms with Crippen LogP contribution in [0.5, 0.6) is 0 Å². The van der Waals surface area contributed by atoms with Crippen LogP contribution in [0.15, 0.2) is 24.3 Å². The SMILES string of the molecule is Cc1ccc(-c2nnn(CC(=O)N[C@H]3CCCC[C@@H]3C)n2)cc1. The second-order valence-corrected chi connectivity index (χ2v) is 6.45. The molecule has 0 radical (unpaired) electrons. The summed E-state index contributed by atoms with van der Waals surface area (Å²) in [6, 6.07) is 8.21. The first-order chi connectivity index (χ1) is 11.1. The number of aromatic nitrogens is 4. The highest BCUT2D eigenvalue weighted by atomic mass is 16.2. The van der Waals surface area contributed by atoms with Crippen LogP contribution in [0, 0.1) is 12.8 Å². The molecule has 2 atom stereocenters. The molecule has 0 saturated heterocycles. The molecule has 0 unspecified atom stereocenters. The van der Waals surface area contributed by atoms with E-state index >= 15 is 0 Å². The Balaban J connectivity index is 1.60. The average molecular weight is 313 g/mol. The number of carbonyl (C=O) groups excluding carboxylic acids is 1. The molecule has 1 aliphatic rings. The lowest BCUT2D eigenvalue weighted by Gasteiger charge is -2.29. The lowest BCUT2D eigenvalue weighted by atomic mass is 9.86. The molecule has 1 aromatic carbocycles. The number of nitrogens with zero attached hydrogens (tertiary/aromatic N) is 4. The molecule has 1 saturated carbocycles. The van der Waals surface area contributed by atoms with Crippen molar-refractivity contribution in [3.8, 4) is 11.4 Å². The Morgan fingerprint density at radius 3 is 2.74 bits per heavy atom. The number of nitrogens with one attached hydrogen (secondary N) is 1. The van der Waals surface area contributed by atoms with Gasteiger partial charge >= 0.3 is 0 Å². The van der Waals surface area contributed by atoms with E-state index in [-0.39, 0.29) is 18.5 Å². The summed E-state index contributed by atoms with van der Waals surface area (Å²) in [5.74, 6) is 1.04. The molecule has 3 rings (SSSR count). The number of aryl methyl sites for hydroxylation is 1. The van der Waals surface area contributed by atoms with Gasteiger partial charge in [-0.05, 0) is 30.9 Å². The normalized spacial score (nSPS) is 21.1. The Kier molecular flexibility index (Phi) is 4.69. The Bertz CT molecular complexity index is 664. The molecule has 6 heteroatoms. The Morgan fingerprint density at radius 2 is 2.00 bits per heavy atom. The van der Waals surface area contributed by atoms with Gasteiger partial charge in [-0.15, -0.1) is 10.2 Å². The molecule has 23 heavy (non-hydrogen) atoms. The van der Waals surface area contributed by atoms with Crippen molar-refractivity contribution in [1.29, 1.82) is 0 Å². The minimum atomic E-state index is -0.0448. The van der Waals surface area contributed by atoms with Gasteiger partial charge in [-0.2, -0.15) is 4.80 Å². The lowest BCUT2D eigenvalue weighted by Crippen LogP contribution is -2.42. The zero-order chi connectivity index (χ0) is 16.2. The van der Waals surface area contributed by atoms with Crippen LogP contribution in [-0.4, -0.2) is 32.2 Å². The summed E-state index contributed by atoms with van der Waals surface area (Å²) in [6.45, 7) is 4.35. The van der Waals surface area contributed by atoms with Gasteiger partial charge in [0.05, 0.1) is 0 Å². The van der Waals surface area contributed by atoms with Crippen molar-refractivity contribution >= 4 is 5.91 Å². The predicted octanol–water partition coefficient (Wildman–Crippen LogP) is 2.34. The van der Waals surface area contributed by atoms with Crippen molar-refractivity contribution in [2.45, 2.75) is 52.1 Å². The third-order valence-electron chi connectivity index (χ3n) is 4.51. The zero-order valence-corrected chi connectivity index (χ0v) is 13.7. The van der Waals surface area contributed by atoms with Gasteiger partial charge in [-0.1, -0.05) is 49.6 Å². The molecule has 0 bridgehead atoms. The van der Waals surface area contributed by atoms with Crippen LogP contribution in [0.1, 0.15) is 38.2 Å². The molecular weight excluding hydrogens is 290 g/mol. The van der Waals surface area contributed by atoms with Gasteiger partial charge < -0.3 is 5.32 Å². The van der Waals surface area contributed by atoms with Crippen LogP contribution in [0.2, 0.25) is 0 Å². The second kappa shape index (κ2) is 6.89. The fraction of sp³-hybridized carbons (Fsp3) is 0.529. The molecule has 122 valence electrons. The molecule has 1 fully saturated rings. The molecule has 0 spiro atoms. The van der Waals surface area contributed by atoms with Crippen molar-refractivity contribution in [2.24, 2.45) is 5.92 Å². The molecule has 1 N–H and O–H groups in total. The number of tetrazole rings is 1. The van der Waals surface area contributed by atoms with E-state index in [4.69, 9.17) is 0 Å². The van der Waals surface area contributed by atoms with Gasteiger partial charge in [-0.3, -0.25) is 4.79 Å². The van der Waals surface area contributed by atoms with Crippen LogP contribution in [0.25, 0.3) is 11.4 Å². The minimum absolute atomic E-state index is 0.0448. The quantitative estimate of drug-likeness (QED) is 0.940. The molecule has 1 amide bonds. The Morgan fingerprint density at radius 1 is 1.26 bits per heavy atom. The van der Waals surface area contributed by atoms with E-state index in [0.717, 1.165) is 12.0 Å². The van der Waals surface area contributed by atoms with Gasteiger partial charge in [0.15, 0.2) is 0 Å². The van der Waals surface area contributed by atoms with Crippen LogP contribution in [0.3, 0.4) is 0 Å². The van der Waals surface area contributed by atoms with Crippen LogP contribution in [-0.2, 0) is 11.3 Å². The average Bonchev–Trinajstić information content (AvgIpc) is 2.98. The van der Waals surface area contributed by atoms with Crippen LogP contribution >= 0.6 is 0 Å². The van der Waals surface area contributed by atoms with Crippen molar-refractivity contribution in [1.82, 2.24) is 25.5 Å². The van der Waals surface area contributed by atoms with Gasteiger partial charge in [0, 0.05) is 11.6 Å². The van der Waals surface area contributed by atoms with E-state index in [0.29, 0.717) is 11.7 Å². The van der Waals surface area contributed by atoms with Gasteiger partial charge in [-0.25, -0.2) is 0 Å². The summed E-state index contributed by atoms with van der Waals surface area (Å²) in [5, 5.41) is 15.4. The summed E-state index contributed by atoms with van der Waals surface area (Å²) in [7, 11) is 0. The third kappa shape index (κ3) is 3.94. The van der Waals surface area contributed by atoms with Crippen LogP contribution < -0.4 is 5.32 Å². The van der Waals surface area contributed by atoms with Gasteiger partial charge in [0.1, 0.15) is 6.54 Å². The molecule has 1 aliphatic carbocycles. The molecule has 6 nitrogen and oxygen atoms in total. The Hall–Kier alpha value is -2.24. The van der Waals surface area contributed by atoms with E-state index in [9.17, 15) is 4.79 Å². The lowest BCUT2D eigenvalue weighted by molar-refractivity contribution is -0.123. The van der Waals surface area contributed by atoms with Crippen LogP contribution in [0.4, 0.5) is 0 Å². The van der Waals surface area contributed by atoms with E-state index in [1.807, 2.05) is 31.2 Å². The highest BCUT2D eigenvalue weighted by Crippen LogP contribution is 2.23. The predicted molar refractivity (Wildman–Crippen MR) is 87.6 cm³/mol. The monoisotopic (exact) mass is 313 g/mol. The molecule has 2 aromatic rings. The fourth-order valence-corrected chi connectivity index (χ4v) is 3.04. The van der Waals surface area contributed by atoms with Gasteiger partial charge in [0.25, 0.3) is 0 Å². The maximum absolute atomic E-state index is 12.2. The maximum Gasteiger partial charge on any atom is 0.243 e. The molecule has 0 aliphatic heterocycles. The van der Waals surface area contributed by atoms with Crippen molar-refractivity contribution in [2.75, 3.05) is 0 Å². The fourth-order valence-electron chi connectivity index (χ4n) is 3.04. The van der Waals surface area contributed by atoms with Crippen molar-refractivity contribution in [3.63, 3.8) is 0 Å². The molecule has 1 aromatic heterocycles. The number of hydrogen-bond donors (Lipinski definition) is 1. The maximum atomic E-state index is 12.2. The standard InChI is InChI=1S/C17H23N5O/c1-12-7-9-14(10-8-12)17-19-21-22(20-17)11-16(23)18-15-6-4-3-5-13(15)2/h7-10,13,15H,3-6,11H2,1-2H3,(H,18,23)/t13-,15-/m0/s1. The second-order valence-electron chi connectivity index (χ2n) is 6.45. The summed E-state index contributed by atoms with van der Waals surface area (Å²) < 4.78 is 0. The number of carbonyl (C=O) groups is 1. The smallest absolute Gasteiger partial charge is 0.243 e. The zero-order valence-electron chi connectivity index (χ0n) is 13.7. The van der Waals surface area contributed by atoms with Crippen molar-refractivity contribution < 1.29 is 4.79 Å². The Labute approximate surface area is 136 Å². The first-order valence-electron chi connectivity index (χ1n) is 8.26. The first-order valence-corrected chi connectivity index (χ1v) is 8.26. The first kappa shape index (κ1) is 15.6. The van der Waals surface area contributed by atoms with Crippen molar-refractivity contribution in [3.05, 3.63) is 29.8 Å². The molecule has 1 heterocycles. The summed E-state index contributed by atoms with van der Waals surface area (Å²) >= 11 is 0. The van der Waals surface area contributed by atoms with E-state index in [2.05, 4.69) is 27.7 Å². The minimum Gasteiger partial charge on any atom is -0.351 e. The third-order valence-corrected chi connectivity index (χ3v) is 4.51. The number of amides is 1. The molecular formula is C17H23N5O. The largest absolute Gasteiger partial charge is 0.351 e. The summed E-state index contributed by atoms with van der Waals surface area (Å²) in [4.78, 5) is 13.5. The summed E-state index contributed by atoms with van der Waals surface area (Å²) in [6.07, 6.45) is 4.70. The topological polar surface area (TPSA) is 72.7 Å². The number of hydrogen-bond acceptors (Lipinski definition) is 4. The van der Waals surface area contributed by atoms with E-state index in [1.54, 1.807) is 0 Å². The number of rotatable bonds is 4. The van der Waals surface area contributed by atoms with Gasteiger partial charge in [0.2, 0.25) is 11.7 Å². The number of benzene rings is 1. The highest BCUT2D eigenvalue weighted by molar-refractivity contribution is 5.75. The van der Waals surface area contributed by atoms with E-state index < -0.39 is 0 Å². The summed E-state index contributed by atoms with van der Waals surface area (Å²) in [5.41, 5.74) is 2.09. The highest BCUT2D eigenvalue weighted by Gasteiger charge is 2.23. The van der Waals surface area contributed by atoms with E-state index in [1.165, 1.54) is 29.6 Å².